The van der Waals surface area contributed by atoms with Gasteiger partial charge in [-0.15, -0.1) is 0 Å². The number of benzene rings is 1. The lowest BCUT2D eigenvalue weighted by Crippen LogP contribution is -2.40. The normalized spacial score (nSPS) is 14.8. The van der Waals surface area contributed by atoms with Crippen LogP contribution in [0.2, 0.25) is 0 Å². The van der Waals surface area contributed by atoms with Gasteiger partial charge >= 0.3 is 5.97 Å². The number of aromatic amines is 1. The summed E-state index contributed by atoms with van der Waals surface area (Å²) in [4.78, 5) is 28.4. The number of hydrogen-bond donors (Lipinski definition) is 2. The van der Waals surface area contributed by atoms with Crippen LogP contribution in [0, 0.1) is 0 Å². The van der Waals surface area contributed by atoms with Crippen LogP contribution in [0.15, 0.2) is 40.8 Å². The minimum atomic E-state index is -1.11. The minimum absolute atomic E-state index is 0.0489. The highest BCUT2D eigenvalue weighted by atomic mass is 16.5. The molecule has 7 nitrogen and oxygen atoms in total. The monoisotopic (exact) mass is 340 g/mol. The number of ether oxygens (including phenoxy) is 1. The maximum atomic E-state index is 12.6. The zero-order chi connectivity index (χ0) is 17.4. The number of aromatic nitrogens is 1. The van der Waals surface area contributed by atoms with E-state index >= 15 is 0 Å². The Morgan fingerprint density at radius 3 is 2.60 bits per heavy atom. The second kappa shape index (κ2) is 6.10. The maximum Gasteiger partial charge on any atom is 0.371 e. The van der Waals surface area contributed by atoms with E-state index in [1.165, 1.54) is 6.07 Å². The van der Waals surface area contributed by atoms with Crippen molar-refractivity contribution in [1.82, 2.24) is 9.88 Å². The summed E-state index contributed by atoms with van der Waals surface area (Å²) in [5.74, 6) is -0.794. The predicted molar refractivity (Wildman–Crippen MR) is 89.7 cm³/mol. The van der Waals surface area contributed by atoms with Crippen LogP contribution in [0.25, 0.3) is 22.2 Å². The fraction of sp³-hybridized carbons (Fsp3) is 0.222. The molecule has 1 aliphatic rings. The topological polar surface area (TPSA) is 95.8 Å². The number of carbonyl (C=O) groups excluding carboxylic acids is 1. The first kappa shape index (κ1) is 15.5. The van der Waals surface area contributed by atoms with Crippen LogP contribution >= 0.6 is 0 Å². The highest BCUT2D eigenvalue weighted by Gasteiger charge is 2.20. The van der Waals surface area contributed by atoms with Crippen LogP contribution in [0.4, 0.5) is 0 Å². The van der Waals surface area contributed by atoms with E-state index < -0.39 is 5.97 Å². The van der Waals surface area contributed by atoms with Gasteiger partial charge < -0.3 is 24.1 Å². The summed E-state index contributed by atoms with van der Waals surface area (Å²) in [7, 11) is 0. The quantitative estimate of drug-likeness (QED) is 0.764. The summed E-state index contributed by atoms with van der Waals surface area (Å²) in [6, 6.07) is 10.4. The molecule has 1 saturated heterocycles. The Morgan fingerprint density at radius 2 is 1.88 bits per heavy atom. The molecule has 1 aliphatic heterocycles. The number of H-pyrrole nitrogens is 1. The molecule has 1 amide bonds. The number of rotatable bonds is 3. The van der Waals surface area contributed by atoms with E-state index in [0.717, 1.165) is 16.5 Å². The Morgan fingerprint density at radius 1 is 1.08 bits per heavy atom. The number of fused-ring (bicyclic) bond motifs is 1. The number of amides is 1. The molecule has 0 aliphatic carbocycles. The maximum absolute atomic E-state index is 12.6. The highest BCUT2D eigenvalue weighted by Crippen LogP contribution is 2.27. The molecule has 1 aromatic carbocycles. The van der Waals surface area contributed by atoms with Crippen LogP contribution in [-0.2, 0) is 4.74 Å². The van der Waals surface area contributed by atoms with Crippen molar-refractivity contribution >= 4 is 22.8 Å². The molecule has 3 aromatic rings. The van der Waals surface area contributed by atoms with Gasteiger partial charge in [0.2, 0.25) is 5.76 Å². The van der Waals surface area contributed by atoms with Gasteiger partial charge in [0.25, 0.3) is 5.91 Å². The number of furan rings is 1. The number of nitrogens with one attached hydrogen (secondary N) is 1. The lowest BCUT2D eigenvalue weighted by molar-refractivity contribution is 0.0299. The molecule has 7 heteroatoms. The minimum Gasteiger partial charge on any atom is -0.475 e. The first-order chi connectivity index (χ1) is 12.1. The zero-order valence-corrected chi connectivity index (χ0v) is 13.3. The molecule has 0 bridgehead atoms. The van der Waals surface area contributed by atoms with Crippen molar-refractivity contribution in [3.63, 3.8) is 0 Å². The third-order valence-corrected chi connectivity index (χ3v) is 4.25. The molecule has 0 saturated carbocycles. The Hall–Kier alpha value is -3.06. The van der Waals surface area contributed by atoms with Crippen molar-refractivity contribution in [3.8, 4) is 11.3 Å². The fourth-order valence-corrected chi connectivity index (χ4v) is 2.94. The van der Waals surface area contributed by atoms with Crippen molar-refractivity contribution < 1.29 is 23.8 Å². The number of carboxylic acid groups (broad SMARTS) is 1. The van der Waals surface area contributed by atoms with Gasteiger partial charge in [-0.05, 0) is 24.3 Å². The molecular formula is C18H16N2O5. The molecule has 1 fully saturated rings. The summed E-state index contributed by atoms with van der Waals surface area (Å²) >= 11 is 0. The van der Waals surface area contributed by atoms with Gasteiger partial charge in [0, 0.05) is 29.6 Å². The van der Waals surface area contributed by atoms with Crippen LogP contribution in [0.5, 0.6) is 0 Å². The summed E-state index contributed by atoms with van der Waals surface area (Å²) < 4.78 is 10.6. The molecule has 0 atom stereocenters. The van der Waals surface area contributed by atoms with Crippen LogP contribution < -0.4 is 0 Å². The summed E-state index contributed by atoms with van der Waals surface area (Å²) in [5, 5.41) is 9.86. The van der Waals surface area contributed by atoms with Gasteiger partial charge in [0.1, 0.15) is 11.5 Å². The van der Waals surface area contributed by atoms with Crippen LogP contribution in [0.3, 0.4) is 0 Å². The van der Waals surface area contributed by atoms with Crippen molar-refractivity contribution in [2.45, 2.75) is 0 Å². The number of carbonyl (C=O) groups is 2. The lowest BCUT2D eigenvalue weighted by atomic mass is 10.1. The molecule has 2 aromatic heterocycles. The number of aromatic carboxylic acids is 1. The van der Waals surface area contributed by atoms with Gasteiger partial charge in [-0.3, -0.25) is 4.79 Å². The Labute approximate surface area is 142 Å². The highest BCUT2D eigenvalue weighted by molar-refractivity contribution is 5.98. The number of nitrogens with zero attached hydrogens (tertiary/aromatic N) is 1. The Balaban J connectivity index is 1.64. The van der Waals surface area contributed by atoms with E-state index in [1.54, 1.807) is 11.0 Å². The summed E-state index contributed by atoms with van der Waals surface area (Å²) in [5.41, 5.74) is 2.06. The Kier molecular flexibility index (Phi) is 3.77. The van der Waals surface area contributed by atoms with Gasteiger partial charge in [0.15, 0.2) is 0 Å². The van der Waals surface area contributed by atoms with Crippen molar-refractivity contribution in [3.05, 3.63) is 47.9 Å². The van der Waals surface area contributed by atoms with Crippen molar-refractivity contribution in [1.29, 1.82) is 0 Å². The summed E-state index contributed by atoms with van der Waals surface area (Å²) in [6.07, 6.45) is 0. The molecule has 0 radical (unpaired) electrons. The fourth-order valence-electron chi connectivity index (χ4n) is 2.94. The van der Waals surface area contributed by atoms with Gasteiger partial charge in [-0.2, -0.15) is 0 Å². The lowest BCUT2D eigenvalue weighted by Gasteiger charge is -2.26. The zero-order valence-electron chi connectivity index (χ0n) is 13.3. The molecule has 25 heavy (non-hydrogen) atoms. The van der Waals surface area contributed by atoms with E-state index in [-0.39, 0.29) is 11.7 Å². The first-order valence-electron chi connectivity index (χ1n) is 7.95. The van der Waals surface area contributed by atoms with E-state index in [1.807, 2.05) is 24.3 Å². The molecule has 128 valence electrons. The standard InChI is InChI=1S/C18H16N2O5/c21-17(20-5-7-24-8-6-20)14-9-11-1-2-12(10-13(11)19-14)15-3-4-16(25-15)18(22)23/h1-4,9-10,19H,5-8H2,(H,22,23). The average Bonchev–Trinajstić information content (AvgIpc) is 3.28. The number of hydrogen-bond acceptors (Lipinski definition) is 4. The van der Waals surface area contributed by atoms with Gasteiger partial charge in [-0.1, -0.05) is 12.1 Å². The summed E-state index contributed by atoms with van der Waals surface area (Å²) in [6.45, 7) is 2.29. The van der Waals surface area contributed by atoms with Crippen LogP contribution in [0.1, 0.15) is 21.0 Å². The van der Waals surface area contributed by atoms with Crippen molar-refractivity contribution in [2.24, 2.45) is 0 Å². The molecule has 0 spiro atoms. The molecule has 4 rings (SSSR count). The van der Waals surface area contributed by atoms with E-state index in [4.69, 9.17) is 14.3 Å². The third kappa shape index (κ3) is 2.89. The second-order valence-electron chi connectivity index (χ2n) is 5.86. The van der Waals surface area contributed by atoms with E-state index in [0.29, 0.717) is 37.8 Å². The predicted octanol–water partition coefficient (Wildman–Crippen LogP) is 2.60. The smallest absolute Gasteiger partial charge is 0.371 e. The third-order valence-electron chi connectivity index (χ3n) is 4.25. The molecule has 0 unspecified atom stereocenters. The second-order valence-corrected chi connectivity index (χ2v) is 5.86. The SMILES string of the molecule is O=C(O)c1ccc(-c2ccc3cc(C(=O)N4CCOCC4)[nH]c3c2)o1. The Bertz CT molecular complexity index is 949. The molecule has 3 heterocycles. The number of morpholine rings is 1. The van der Waals surface area contributed by atoms with Gasteiger partial charge in [-0.25, -0.2) is 4.79 Å². The van der Waals surface area contributed by atoms with E-state index in [2.05, 4.69) is 4.98 Å². The molecule has 2 N–H and O–H groups in total. The van der Waals surface area contributed by atoms with Crippen LogP contribution in [-0.4, -0.2) is 53.2 Å². The van der Waals surface area contributed by atoms with Gasteiger partial charge in [0.05, 0.1) is 13.2 Å². The number of carboxylic acids is 1. The largest absolute Gasteiger partial charge is 0.475 e. The molecular weight excluding hydrogens is 324 g/mol. The first-order valence-corrected chi connectivity index (χ1v) is 7.95. The van der Waals surface area contributed by atoms with E-state index in [9.17, 15) is 9.59 Å². The van der Waals surface area contributed by atoms with Crippen molar-refractivity contribution in [2.75, 3.05) is 26.3 Å². The average molecular weight is 340 g/mol.